The van der Waals surface area contributed by atoms with Crippen molar-refractivity contribution in [3.05, 3.63) is 28.2 Å². The lowest BCUT2D eigenvalue weighted by Crippen LogP contribution is -2.26. The SMILES string of the molecule is CCC(O)CNCc1cc(Br)ccc1OC(F)F. The molecule has 6 heteroatoms. The summed E-state index contributed by atoms with van der Waals surface area (Å²) in [6.45, 7) is -0.196. The molecule has 3 nitrogen and oxygen atoms in total. The lowest BCUT2D eigenvalue weighted by molar-refractivity contribution is -0.0505. The van der Waals surface area contributed by atoms with Gasteiger partial charge in [-0.3, -0.25) is 0 Å². The van der Waals surface area contributed by atoms with Crippen LogP contribution in [-0.4, -0.2) is 24.4 Å². The van der Waals surface area contributed by atoms with Gasteiger partial charge in [0.15, 0.2) is 0 Å². The first kappa shape index (κ1) is 15.3. The Morgan fingerprint density at radius 1 is 1.44 bits per heavy atom. The number of nitrogens with one attached hydrogen (secondary N) is 1. The van der Waals surface area contributed by atoms with Crippen LogP contribution in [-0.2, 0) is 6.54 Å². The van der Waals surface area contributed by atoms with E-state index < -0.39 is 12.7 Å². The predicted molar refractivity (Wildman–Crippen MR) is 68.8 cm³/mol. The van der Waals surface area contributed by atoms with Gasteiger partial charge in [0.1, 0.15) is 5.75 Å². The third-order valence-corrected chi connectivity index (χ3v) is 2.90. The van der Waals surface area contributed by atoms with E-state index in [-0.39, 0.29) is 5.75 Å². The van der Waals surface area contributed by atoms with Gasteiger partial charge in [-0.05, 0) is 24.6 Å². The molecule has 18 heavy (non-hydrogen) atoms. The lowest BCUT2D eigenvalue weighted by Gasteiger charge is -2.13. The molecule has 0 heterocycles. The Balaban J connectivity index is 2.64. The molecule has 0 aliphatic carbocycles. The summed E-state index contributed by atoms with van der Waals surface area (Å²) in [6, 6.07) is 4.84. The molecular weight excluding hydrogens is 308 g/mol. The predicted octanol–water partition coefficient (Wildman–Crippen LogP) is 2.91. The van der Waals surface area contributed by atoms with Crippen LogP contribution >= 0.6 is 15.9 Å². The van der Waals surface area contributed by atoms with E-state index in [4.69, 9.17) is 0 Å². The van der Waals surface area contributed by atoms with Crippen molar-refractivity contribution >= 4 is 15.9 Å². The molecule has 1 unspecified atom stereocenters. The maximum atomic E-state index is 12.2. The maximum absolute atomic E-state index is 12.2. The summed E-state index contributed by atoms with van der Waals surface area (Å²) in [5.74, 6) is 0.145. The molecule has 0 bridgehead atoms. The van der Waals surface area contributed by atoms with Crippen LogP contribution in [0.1, 0.15) is 18.9 Å². The number of ether oxygens (including phenoxy) is 1. The van der Waals surface area contributed by atoms with Gasteiger partial charge < -0.3 is 15.2 Å². The Hall–Kier alpha value is -0.720. The summed E-state index contributed by atoms with van der Waals surface area (Å²) < 4.78 is 29.6. The number of benzene rings is 1. The van der Waals surface area contributed by atoms with Gasteiger partial charge in [0.05, 0.1) is 6.10 Å². The smallest absolute Gasteiger partial charge is 0.387 e. The topological polar surface area (TPSA) is 41.5 Å². The molecule has 1 aromatic rings. The van der Waals surface area contributed by atoms with E-state index in [9.17, 15) is 13.9 Å². The minimum Gasteiger partial charge on any atom is -0.434 e. The molecule has 0 radical (unpaired) electrons. The van der Waals surface area contributed by atoms with E-state index in [1.54, 1.807) is 12.1 Å². The second kappa shape index (κ2) is 7.66. The van der Waals surface area contributed by atoms with Gasteiger partial charge in [-0.25, -0.2) is 0 Å². The quantitative estimate of drug-likeness (QED) is 0.810. The molecule has 1 rings (SSSR count). The van der Waals surface area contributed by atoms with E-state index in [1.807, 2.05) is 6.92 Å². The number of hydrogen-bond acceptors (Lipinski definition) is 3. The normalized spacial score (nSPS) is 12.8. The third-order valence-electron chi connectivity index (χ3n) is 2.41. The maximum Gasteiger partial charge on any atom is 0.387 e. The first-order chi connectivity index (χ1) is 8.52. The molecule has 0 aromatic heterocycles. The van der Waals surface area contributed by atoms with Gasteiger partial charge in [0, 0.05) is 23.1 Å². The molecule has 0 saturated heterocycles. The van der Waals surface area contributed by atoms with Crippen molar-refractivity contribution in [2.24, 2.45) is 0 Å². The van der Waals surface area contributed by atoms with Crippen LogP contribution in [0.3, 0.4) is 0 Å². The summed E-state index contributed by atoms with van der Waals surface area (Å²) in [7, 11) is 0. The summed E-state index contributed by atoms with van der Waals surface area (Å²) in [5, 5.41) is 12.4. The Bertz CT molecular complexity index is 377. The van der Waals surface area contributed by atoms with Gasteiger partial charge in [-0.2, -0.15) is 8.78 Å². The van der Waals surface area contributed by atoms with Crippen LogP contribution in [0, 0.1) is 0 Å². The minimum absolute atomic E-state index is 0.145. The van der Waals surface area contributed by atoms with Crippen LogP contribution < -0.4 is 10.1 Å². The average molecular weight is 324 g/mol. The van der Waals surface area contributed by atoms with Crippen molar-refractivity contribution in [1.29, 1.82) is 0 Å². The standard InChI is InChI=1S/C12H16BrF2NO2/c1-2-10(17)7-16-6-8-5-9(13)3-4-11(8)18-12(14)15/h3-5,10,12,16-17H,2,6-7H2,1H3. The number of halogens is 3. The molecule has 102 valence electrons. The summed E-state index contributed by atoms with van der Waals surface area (Å²) >= 11 is 3.28. The molecule has 1 aromatic carbocycles. The van der Waals surface area contributed by atoms with Gasteiger partial charge in [0.2, 0.25) is 0 Å². The van der Waals surface area contributed by atoms with Gasteiger partial charge in [-0.1, -0.05) is 22.9 Å². The Labute approximate surface area is 113 Å². The van der Waals surface area contributed by atoms with Crippen molar-refractivity contribution in [2.45, 2.75) is 32.6 Å². The molecular formula is C12H16BrF2NO2. The van der Waals surface area contributed by atoms with Crippen molar-refractivity contribution in [2.75, 3.05) is 6.54 Å². The van der Waals surface area contributed by atoms with Gasteiger partial charge in [0.25, 0.3) is 0 Å². The number of rotatable bonds is 7. The lowest BCUT2D eigenvalue weighted by atomic mass is 10.2. The highest BCUT2D eigenvalue weighted by atomic mass is 79.9. The van der Waals surface area contributed by atoms with Crippen molar-refractivity contribution in [3.63, 3.8) is 0 Å². The zero-order chi connectivity index (χ0) is 13.5. The van der Waals surface area contributed by atoms with Crippen molar-refractivity contribution < 1.29 is 18.6 Å². The van der Waals surface area contributed by atoms with Crippen LogP contribution in [0.15, 0.2) is 22.7 Å². The zero-order valence-corrected chi connectivity index (χ0v) is 11.6. The van der Waals surface area contributed by atoms with Gasteiger partial charge >= 0.3 is 6.61 Å². The molecule has 0 saturated carbocycles. The monoisotopic (exact) mass is 323 g/mol. The minimum atomic E-state index is -2.84. The van der Waals surface area contributed by atoms with Crippen LogP contribution in [0.2, 0.25) is 0 Å². The molecule has 0 aliphatic heterocycles. The summed E-state index contributed by atoms with van der Waals surface area (Å²) in [5.41, 5.74) is 0.618. The van der Waals surface area contributed by atoms with Crippen LogP contribution in [0.5, 0.6) is 5.75 Å². The molecule has 0 amide bonds. The molecule has 1 atom stereocenters. The van der Waals surface area contributed by atoms with Crippen LogP contribution in [0.25, 0.3) is 0 Å². The van der Waals surface area contributed by atoms with E-state index in [1.165, 1.54) is 6.07 Å². The Morgan fingerprint density at radius 3 is 2.78 bits per heavy atom. The van der Waals surface area contributed by atoms with Crippen molar-refractivity contribution in [3.8, 4) is 5.75 Å². The molecule has 0 spiro atoms. The second-order valence-corrected chi connectivity index (χ2v) is 4.74. The number of aliphatic hydroxyl groups excluding tert-OH is 1. The number of hydrogen-bond donors (Lipinski definition) is 2. The summed E-state index contributed by atoms with van der Waals surface area (Å²) in [4.78, 5) is 0. The fourth-order valence-electron chi connectivity index (χ4n) is 1.41. The fraction of sp³-hybridized carbons (Fsp3) is 0.500. The number of aliphatic hydroxyl groups is 1. The molecule has 2 N–H and O–H groups in total. The number of alkyl halides is 2. The second-order valence-electron chi connectivity index (χ2n) is 3.82. The van der Waals surface area contributed by atoms with E-state index >= 15 is 0 Å². The highest BCUT2D eigenvalue weighted by Crippen LogP contribution is 2.24. The van der Waals surface area contributed by atoms with E-state index in [0.29, 0.717) is 25.1 Å². The fourth-order valence-corrected chi connectivity index (χ4v) is 1.82. The highest BCUT2D eigenvalue weighted by Gasteiger charge is 2.10. The van der Waals surface area contributed by atoms with Crippen LogP contribution in [0.4, 0.5) is 8.78 Å². The first-order valence-corrected chi connectivity index (χ1v) is 6.44. The first-order valence-electron chi connectivity index (χ1n) is 5.65. The van der Waals surface area contributed by atoms with Gasteiger partial charge in [-0.15, -0.1) is 0 Å². The molecule has 0 aliphatic rings. The zero-order valence-electron chi connectivity index (χ0n) is 10.00. The average Bonchev–Trinajstić information content (AvgIpc) is 2.31. The largest absolute Gasteiger partial charge is 0.434 e. The Kier molecular flexibility index (Phi) is 6.52. The van der Waals surface area contributed by atoms with E-state index in [2.05, 4.69) is 26.0 Å². The van der Waals surface area contributed by atoms with E-state index in [0.717, 1.165) is 4.47 Å². The highest BCUT2D eigenvalue weighted by molar-refractivity contribution is 9.10. The van der Waals surface area contributed by atoms with Crippen molar-refractivity contribution in [1.82, 2.24) is 5.32 Å². The summed E-state index contributed by atoms with van der Waals surface area (Å²) in [6.07, 6.45) is 0.211. The Morgan fingerprint density at radius 2 is 2.17 bits per heavy atom. The molecule has 0 fully saturated rings. The third kappa shape index (κ3) is 5.29.